The molecule has 3 heteroatoms. The third kappa shape index (κ3) is 9.39. The molecule has 0 bridgehead atoms. The van der Waals surface area contributed by atoms with Crippen molar-refractivity contribution in [2.45, 2.75) is 59.3 Å². The Morgan fingerprint density at radius 1 is 1.09 bits per heavy atom. The van der Waals surface area contributed by atoms with Gasteiger partial charge in [-0.1, -0.05) is 39.3 Å². The van der Waals surface area contributed by atoms with Gasteiger partial charge >= 0.3 is 0 Å². The minimum Gasteiger partial charge on any atom is -0.508 e. The molecule has 23 heavy (non-hydrogen) atoms. The van der Waals surface area contributed by atoms with Gasteiger partial charge in [0, 0.05) is 12.0 Å². The number of rotatable bonds is 10. The average Bonchev–Trinajstić information content (AvgIpc) is 2.47. The summed E-state index contributed by atoms with van der Waals surface area (Å²) >= 11 is 0. The van der Waals surface area contributed by atoms with Crippen LogP contribution in [0.15, 0.2) is 24.3 Å². The lowest BCUT2D eigenvalue weighted by Gasteiger charge is -2.20. The largest absolute Gasteiger partial charge is 0.508 e. The smallest absolute Gasteiger partial charge is 0.163 e. The zero-order chi connectivity index (χ0) is 17.3. The van der Waals surface area contributed by atoms with E-state index in [-0.39, 0.29) is 11.5 Å². The van der Waals surface area contributed by atoms with Crippen LogP contribution in [0.4, 0.5) is 0 Å². The van der Waals surface area contributed by atoms with Crippen LogP contribution < -0.4 is 0 Å². The highest BCUT2D eigenvalue weighted by Crippen LogP contribution is 2.21. The molecule has 0 aliphatic rings. The van der Waals surface area contributed by atoms with Crippen LogP contribution in [-0.4, -0.2) is 35.9 Å². The van der Waals surface area contributed by atoms with Crippen LogP contribution in [0.3, 0.4) is 0 Å². The van der Waals surface area contributed by atoms with E-state index in [2.05, 4.69) is 32.7 Å². The van der Waals surface area contributed by atoms with Crippen molar-refractivity contribution in [3.63, 3.8) is 0 Å². The number of aromatic hydroxyl groups is 1. The molecule has 1 aromatic carbocycles. The van der Waals surface area contributed by atoms with E-state index in [9.17, 15) is 9.90 Å². The molecular weight excluding hydrogens is 286 g/mol. The van der Waals surface area contributed by atoms with Crippen molar-refractivity contribution < 1.29 is 9.90 Å². The van der Waals surface area contributed by atoms with E-state index in [1.165, 1.54) is 19.3 Å². The Kier molecular flexibility index (Phi) is 8.32. The number of hydrogen-bond donors (Lipinski definition) is 1. The molecule has 0 heterocycles. The zero-order valence-corrected chi connectivity index (χ0v) is 15.3. The predicted molar refractivity (Wildman–Crippen MR) is 97.1 cm³/mol. The Morgan fingerprint density at radius 2 is 1.74 bits per heavy atom. The van der Waals surface area contributed by atoms with Gasteiger partial charge in [-0.25, -0.2) is 0 Å². The van der Waals surface area contributed by atoms with E-state index in [0.29, 0.717) is 17.4 Å². The molecule has 0 atom stereocenters. The number of carbonyl (C=O) groups excluding carboxylic acids is 1. The lowest BCUT2D eigenvalue weighted by atomic mass is 9.90. The van der Waals surface area contributed by atoms with Crippen LogP contribution in [0.1, 0.15) is 69.7 Å². The minimum absolute atomic E-state index is 0.119. The molecule has 1 N–H and O–H groups in total. The summed E-state index contributed by atoms with van der Waals surface area (Å²) in [5.74, 6) is 0.277. The second-order valence-electron chi connectivity index (χ2n) is 7.75. The topological polar surface area (TPSA) is 40.5 Å². The van der Waals surface area contributed by atoms with Gasteiger partial charge in [-0.3, -0.25) is 4.79 Å². The quantitative estimate of drug-likeness (QED) is 0.493. The first-order valence-corrected chi connectivity index (χ1v) is 8.79. The second kappa shape index (κ2) is 9.71. The van der Waals surface area contributed by atoms with Crippen molar-refractivity contribution >= 4 is 5.78 Å². The molecule has 0 aliphatic carbocycles. The van der Waals surface area contributed by atoms with Crippen molar-refractivity contribution in [3.8, 4) is 5.75 Å². The fraction of sp³-hybridized carbons (Fsp3) is 0.650. The lowest BCUT2D eigenvalue weighted by Crippen LogP contribution is -2.21. The number of unbranched alkanes of at least 4 members (excludes halogenated alkanes) is 2. The lowest BCUT2D eigenvalue weighted by molar-refractivity contribution is 0.0978. The maximum absolute atomic E-state index is 12.0. The molecular formula is C20H33NO2. The van der Waals surface area contributed by atoms with E-state index in [4.69, 9.17) is 0 Å². The molecule has 1 aromatic rings. The SMILES string of the molecule is CN(CCCCC(=O)c1cccc(O)c1)CCCCC(C)(C)C. The molecule has 0 aromatic heterocycles. The molecule has 0 amide bonds. The normalized spacial score (nSPS) is 11.9. The van der Waals surface area contributed by atoms with Crippen LogP contribution in [0.5, 0.6) is 5.75 Å². The molecule has 1 rings (SSSR count). The minimum atomic E-state index is 0.119. The number of hydrogen-bond acceptors (Lipinski definition) is 3. The summed E-state index contributed by atoms with van der Waals surface area (Å²) in [6.07, 6.45) is 6.31. The highest BCUT2D eigenvalue weighted by molar-refractivity contribution is 5.96. The van der Waals surface area contributed by atoms with Crippen molar-refractivity contribution in [1.82, 2.24) is 4.90 Å². The van der Waals surface area contributed by atoms with Gasteiger partial charge in [-0.05, 0) is 63.4 Å². The van der Waals surface area contributed by atoms with Gasteiger partial charge < -0.3 is 10.0 Å². The fourth-order valence-electron chi connectivity index (χ4n) is 2.64. The number of Topliss-reactive ketones (excluding diaryl/α,β-unsaturated/α-hetero) is 1. The summed E-state index contributed by atoms with van der Waals surface area (Å²) in [4.78, 5) is 14.4. The third-order valence-corrected chi connectivity index (χ3v) is 4.08. The molecule has 3 nitrogen and oxygen atoms in total. The fourth-order valence-corrected chi connectivity index (χ4v) is 2.64. The monoisotopic (exact) mass is 319 g/mol. The van der Waals surface area contributed by atoms with Crippen molar-refractivity contribution in [3.05, 3.63) is 29.8 Å². The Bertz CT molecular complexity index is 477. The highest BCUT2D eigenvalue weighted by Gasteiger charge is 2.10. The van der Waals surface area contributed by atoms with Crippen LogP contribution in [0.25, 0.3) is 0 Å². The van der Waals surface area contributed by atoms with E-state index in [1.54, 1.807) is 24.3 Å². The molecule has 0 saturated carbocycles. The first-order valence-electron chi connectivity index (χ1n) is 8.79. The average molecular weight is 319 g/mol. The summed E-state index contributed by atoms with van der Waals surface area (Å²) in [6.45, 7) is 9.06. The van der Waals surface area contributed by atoms with Gasteiger partial charge in [0.05, 0.1) is 0 Å². The van der Waals surface area contributed by atoms with E-state index >= 15 is 0 Å². The number of phenols is 1. The predicted octanol–water partition coefficient (Wildman–Crippen LogP) is 4.89. The first-order chi connectivity index (χ1) is 10.8. The standard InChI is InChI=1S/C20H33NO2/c1-20(2,3)13-6-8-15-21(4)14-7-5-12-19(23)17-10-9-11-18(22)16-17/h9-11,16,22H,5-8,12-15H2,1-4H3. The number of carbonyl (C=O) groups is 1. The van der Waals surface area contributed by atoms with Gasteiger partial charge in [0.1, 0.15) is 5.75 Å². The van der Waals surface area contributed by atoms with Gasteiger partial charge in [0.25, 0.3) is 0 Å². The molecule has 130 valence electrons. The summed E-state index contributed by atoms with van der Waals surface area (Å²) in [7, 11) is 2.16. The zero-order valence-electron chi connectivity index (χ0n) is 15.3. The molecule has 0 fully saturated rings. The van der Waals surface area contributed by atoms with Crippen molar-refractivity contribution in [1.29, 1.82) is 0 Å². The van der Waals surface area contributed by atoms with Crippen molar-refractivity contribution in [2.75, 3.05) is 20.1 Å². The number of nitrogens with zero attached hydrogens (tertiary/aromatic N) is 1. The summed E-state index contributed by atoms with van der Waals surface area (Å²) in [5, 5.41) is 9.40. The maximum atomic E-state index is 12.0. The Hall–Kier alpha value is -1.35. The summed E-state index contributed by atoms with van der Waals surface area (Å²) < 4.78 is 0. The van der Waals surface area contributed by atoms with Crippen molar-refractivity contribution in [2.24, 2.45) is 5.41 Å². The molecule has 0 aliphatic heterocycles. The molecule has 0 spiro atoms. The number of ketones is 1. The van der Waals surface area contributed by atoms with E-state index in [0.717, 1.165) is 25.9 Å². The van der Waals surface area contributed by atoms with Crippen LogP contribution in [0, 0.1) is 5.41 Å². The van der Waals surface area contributed by atoms with Gasteiger partial charge in [0.2, 0.25) is 0 Å². The first kappa shape index (κ1) is 19.7. The van der Waals surface area contributed by atoms with Crippen LogP contribution >= 0.6 is 0 Å². The summed E-state index contributed by atoms with van der Waals surface area (Å²) in [5.41, 5.74) is 1.05. The molecule has 0 radical (unpaired) electrons. The maximum Gasteiger partial charge on any atom is 0.163 e. The molecule has 0 saturated heterocycles. The Balaban J connectivity index is 2.11. The molecule has 0 unspecified atom stereocenters. The Morgan fingerprint density at radius 3 is 2.35 bits per heavy atom. The number of phenolic OH excluding ortho intramolecular Hbond substituents is 1. The van der Waals surface area contributed by atoms with E-state index < -0.39 is 0 Å². The van der Waals surface area contributed by atoms with Gasteiger partial charge in [-0.2, -0.15) is 0 Å². The highest BCUT2D eigenvalue weighted by atomic mass is 16.3. The number of benzene rings is 1. The third-order valence-electron chi connectivity index (χ3n) is 4.08. The van der Waals surface area contributed by atoms with E-state index in [1.807, 2.05) is 0 Å². The Labute approximate surface area is 141 Å². The van der Waals surface area contributed by atoms with Crippen LogP contribution in [-0.2, 0) is 0 Å². The van der Waals surface area contributed by atoms with Gasteiger partial charge in [-0.15, -0.1) is 0 Å². The van der Waals surface area contributed by atoms with Crippen LogP contribution in [0.2, 0.25) is 0 Å². The summed E-state index contributed by atoms with van der Waals surface area (Å²) in [6, 6.07) is 6.62. The second-order valence-corrected chi connectivity index (χ2v) is 7.75. The van der Waals surface area contributed by atoms with Gasteiger partial charge in [0.15, 0.2) is 5.78 Å².